The molecule has 1 aliphatic heterocycles. The summed E-state index contributed by atoms with van der Waals surface area (Å²) in [5.41, 5.74) is 2.63. The van der Waals surface area contributed by atoms with Crippen molar-refractivity contribution in [3.8, 4) is 0 Å². The van der Waals surface area contributed by atoms with Gasteiger partial charge < -0.3 is 10.2 Å². The predicted octanol–water partition coefficient (Wildman–Crippen LogP) is -0.530. The lowest BCUT2D eigenvalue weighted by Gasteiger charge is -2.26. The molecule has 17 heavy (non-hydrogen) atoms. The van der Waals surface area contributed by atoms with Crippen molar-refractivity contribution in [1.29, 1.82) is 0 Å². The second-order valence-corrected chi connectivity index (χ2v) is 4.46. The van der Waals surface area contributed by atoms with Crippen molar-refractivity contribution in [3.05, 3.63) is 17.0 Å². The highest BCUT2D eigenvalue weighted by atomic mass is 16.2. The van der Waals surface area contributed by atoms with Crippen LogP contribution in [0.2, 0.25) is 0 Å². The SMILES string of the molecule is O=C1CN(C(=O)c2n[nH]c3c2CCC3)CCN1. The Morgan fingerprint density at radius 3 is 3.06 bits per heavy atom. The molecule has 2 N–H and O–H groups in total. The van der Waals surface area contributed by atoms with Crippen molar-refractivity contribution in [2.24, 2.45) is 0 Å². The summed E-state index contributed by atoms with van der Waals surface area (Å²) in [5.74, 6) is -0.226. The first-order valence-electron chi connectivity index (χ1n) is 5.88. The van der Waals surface area contributed by atoms with E-state index in [0.29, 0.717) is 18.8 Å². The molecule has 90 valence electrons. The van der Waals surface area contributed by atoms with Gasteiger partial charge in [-0.3, -0.25) is 14.7 Å². The van der Waals surface area contributed by atoms with Gasteiger partial charge in [-0.2, -0.15) is 5.10 Å². The Morgan fingerprint density at radius 2 is 2.24 bits per heavy atom. The third kappa shape index (κ3) is 1.69. The van der Waals surface area contributed by atoms with Crippen molar-refractivity contribution < 1.29 is 9.59 Å². The molecular formula is C11H14N4O2. The highest BCUT2D eigenvalue weighted by molar-refractivity contribution is 5.97. The standard InChI is InChI=1S/C11H14N4O2/c16-9-6-15(5-4-12-9)11(17)10-7-2-1-3-8(7)13-14-10/h1-6H2,(H,12,16)(H,13,14). The molecular weight excluding hydrogens is 220 g/mol. The van der Waals surface area contributed by atoms with Gasteiger partial charge in [0.15, 0.2) is 5.69 Å². The van der Waals surface area contributed by atoms with Crippen molar-refractivity contribution in [2.75, 3.05) is 19.6 Å². The van der Waals surface area contributed by atoms with Gasteiger partial charge in [-0.1, -0.05) is 0 Å². The van der Waals surface area contributed by atoms with Crippen LogP contribution in [0.3, 0.4) is 0 Å². The van der Waals surface area contributed by atoms with Gasteiger partial charge >= 0.3 is 0 Å². The number of carbonyl (C=O) groups is 2. The Kier molecular flexibility index (Phi) is 2.35. The van der Waals surface area contributed by atoms with Crippen molar-refractivity contribution in [1.82, 2.24) is 20.4 Å². The van der Waals surface area contributed by atoms with Crippen LogP contribution < -0.4 is 5.32 Å². The van der Waals surface area contributed by atoms with Crippen molar-refractivity contribution >= 4 is 11.8 Å². The number of aromatic amines is 1. The molecule has 1 aromatic heterocycles. The third-order valence-corrected chi connectivity index (χ3v) is 3.33. The molecule has 1 fully saturated rings. The Morgan fingerprint density at radius 1 is 1.35 bits per heavy atom. The quantitative estimate of drug-likeness (QED) is 0.685. The number of rotatable bonds is 1. The molecule has 2 heterocycles. The second kappa shape index (κ2) is 3.87. The first kappa shape index (κ1) is 10.3. The first-order chi connectivity index (χ1) is 8.25. The lowest BCUT2D eigenvalue weighted by Crippen LogP contribution is -2.50. The zero-order valence-corrected chi connectivity index (χ0v) is 9.45. The van der Waals surface area contributed by atoms with E-state index in [9.17, 15) is 9.59 Å². The van der Waals surface area contributed by atoms with E-state index in [2.05, 4.69) is 15.5 Å². The maximum absolute atomic E-state index is 12.2. The average Bonchev–Trinajstić information content (AvgIpc) is 2.89. The van der Waals surface area contributed by atoms with Gasteiger partial charge in [0.05, 0.1) is 6.54 Å². The summed E-state index contributed by atoms with van der Waals surface area (Å²) >= 11 is 0. The fourth-order valence-electron chi connectivity index (χ4n) is 2.46. The monoisotopic (exact) mass is 234 g/mol. The van der Waals surface area contributed by atoms with Gasteiger partial charge in [-0.05, 0) is 19.3 Å². The molecule has 1 aromatic rings. The number of H-pyrrole nitrogens is 1. The maximum atomic E-state index is 12.2. The minimum absolute atomic E-state index is 0.100. The zero-order chi connectivity index (χ0) is 11.8. The first-order valence-corrected chi connectivity index (χ1v) is 5.88. The van der Waals surface area contributed by atoms with Gasteiger partial charge in [-0.25, -0.2) is 0 Å². The fourth-order valence-corrected chi connectivity index (χ4v) is 2.46. The fraction of sp³-hybridized carbons (Fsp3) is 0.545. The van der Waals surface area contributed by atoms with E-state index in [1.807, 2.05) is 0 Å². The minimum Gasteiger partial charge on any atom is -0.353 e. The molecule has 0 saturated carbocycles. The number of aromatic nitrogens is 2. The normalized spacial score (nSPS) is 19.1. The van der Waals surface area contributed by atoms with Crippen LogP contribution in [-0.2, 0) is 17.6 Å². The summed E-state index contributed by atoms with van der Waals surface area (Å²) in [4.78, 5) is 25.0. The molecule has 1 aliphatic carbocycles. The molecule has 2 amide bonds. The molecule has 1 saturated heterocycles. The summed E-state index contributed by atoms with van der Waals surface area (Å²) in [5, 5.41) is 9.71. The Bertz CT molecular complexity index is 480. The molecule has 0 unspecified atom stereocenters. The molecule has 0 aromatic carbocycles. The molecule has 3 rings (SSSR count). The summed E-state index contributed by atoms with van der Waals surface area (Å²) < 4.78 is 0. The van der Waals surface area contributed by atoms with E-state index < -0.39 is 0 Å². The number of hydrogen-bond donors (Lipinski definition) is 2. The van der Waals surface area contributed by atoms with E-state index in [0.717, 1.165) is 30.5 Å². The van der Waals surface area contributed by atoms with E-state index in [4.69, 9.17) is 0 Å². The van der Waals surface area contributed by atoms with E-state index in [1.165, 1.54) is 0 Å². The summed E-state index contributed by atoms with van der Waals surface area (Å²) in [6.45, 7) is 1.23. The third-order valence-electron chi connectivity index (χ3n) is 3.33. The molecule has 0 atom stereocenters. The smallest absolute Gasteiger partial charge is 0.275 e. The highest BCUT2D eigenvalue weighted by Gasteiger charge is 2.28. The number of carbonyl (C=O) groups excluding carboxylic acids is 2. The number of piperazine rings is 1. The average molecular weight is 234 g/mol. The second-order valence-electron chi connectivity index (χ2n) is 4.46. The van der Waals surface area contributed by atoms with Gasteiger partial charge in [-0.15, -0.1) is 0 Å². The molecule has 2 aliphatic rings. The molecule has 0 spiro atoms. The van der Waals surface area contributed by atoms with Gasteiger partial charge in [0.2, 0.25) is 5.91 Å². The number of fused-ring (bicyclic) bond motifs is 1. The minimum atomic E-state index is -0.126. The number of nitrogens with one attached hydrogen (secondary N) is 2. The van der Waals surface area contributed by atoms with E-state index >= 15 is 0 Å². The van der Waals surface area contributed by atoms with Crippen LogP contribution in [0.25, 0.3) is 0 Å². The van der Waals surface area contributed by atoms with Crippen molar-refractivity contribution in [2.45, 2.75) is 19.3 Å². The Labute approximate surface area is 98.4 Å². The molecule has 0 radical (unpaired) electrons. The number of aryl methyl sites for hydroxylation is 1. The Balaban J connectivity index is 1.83. The van der Waals surface area contributed by atoms with Gasteiger partial charge in [0, 0.05) is 24.3 Å². The van der Waals surface area contributed by atoms with Crippen LogP contribution in [0.4, 0.5) is 0 Å². The van der Waals surface area contributed by atoms with E-state index in [1.54, 1.807) is 4.90 Å². The number of nitrogens with zero attached hydrogens (tertiary/aromatic N) is 2. The molecule has 6 nitrogen and oxygen atoms in total. The lowest BCUT2D eigenvalue weighted by atomic mass is 10.1. The zero-order valence-electron chi connectivity index (χ0n) is 9.45. The van der Waals surface area contributed by atoms with Gasteiger partial charge in [0.1, 0.15) is 0 Å². The number of amides is 2. The van der Waals surface area contributed by atoms with Crippen LogP contribution in [0.15, 0.2) is 0 Å². The van der Waals surface area contributed by atoms with E-state index in [-0.39, 0.29) is 18.4 Å². The maximum Gasteiger partial charge on any atom is 0.275 e. The lowest BCUT2D eigenvalue weighted by molar-refractivity contribution is -0.123. The number of hydrogen-bond acceptors (Lipinski definition) is 3. The van der Waals surface area contributed by atoms with Crippen molar-refractivity contribution in [3.63, 3.8) is 0 Å². The summed E-state index contributed by atoms with van der Waals surface area (Å²) in [6.07, 6.45) is 2.95. The largest absolute Gasteiger partial charge is 0.353 e. The van der Waals surface area contributed by atoms with Crippen LogP contribution in [-0.4, -0.2) is 46.5 Å². The highest BCUT2D eigenvalue weighted by Crippen LogP contribution is 2.23. The topological polar surface area (TPSA) is 78.1 Å². The Hall–Kier alpha value is -1.85. The van der Waals surface area contributed by atoms with Crippen LogP contribution in [0.5, 0.6) is 0 Å². The van der Waals surface area contributed by atoms with Crippen LogP contribution in [0.1, 0.15) is 28.2 Å². The predicted molar refractivity (Wildman–Crippen MR) is 59.5 cm³/mol. The summed E-state index contributed by atoms with van der Waals surface area (Å²) in [7, 11) is 0. The van der Waals surface area contributed by atoms with Gasteiger partial charge in [0.25, 0.3) is 5.91 Å². The van der Waals surface area contributed by atoms with Crippen LogP contribution >= 0.6 is 0 Å². The summed E-state index contributed by atoms with van der Waals surface area (Å²) in [6, 6.07) is 0. The molecule has 0 bridgehead atoms. The van der Waals surface area contributed by atoms with Crippen LogP contribution in [0, 0.1) is 0 Å². The molecule has 6 heteroatoms.